The van der Waals surface area contributed by atoms with Crippen LogP contribution in [0.1, 0.15) is 37.2 Å². The highest BCUT2D eigenvalue weighted by molar-refractivity contribution is 5.78. The van der Waals surface area contributed by atoms with Crippen LogP contribution >= 0.6 is 0 Å². The first-order valence-corrected chi connectivity index (χ1v) is 6.45. The van der Waals surface area contributed by atoms with Crippen LogP contribution in [0, 0.1) is 16.0 Å². The smallest absolute Gasteiger partial charge is 0.313 e. The fourth-order valence-electron chi connectivity index (χ4n) is 2.85. The monoisotopic (exact) mass is 263 g/mol. The molecule has 1 aromatic rings. The third-order valence-electron chi connectivity index (χ3n) is 3.77. The van der Waals surface area contributed by atoms with Crippen LogP contribution in [0.2, 0.25) is 0 Å². The van der Waals surface area contributed by atoms with E-state index in [-0.39, 0.29) is 23.5 Å². The van der Waals surface area contributed by atoms with Crippen LogP contribution in [-0.4, -0.2) is 18.0 Å². The molecule has 0 N–H and O–H groups in total. The normalized spacial score (nSPS) is 17.1. The van der Waals surface area contributed by atoms with Crippen LogP contribution in [0.25, 0.3) is 0 Å². The maximum absolute atomic E-state index is 12.0. The zero-order valence-corrected chi connectivity index (χ0v) is 10.9. The van der Waals surface area contributed by atoms with Gasteiger partial charge in [-0.2, -0.15) is 0 Å². The number of nitro benzene ring substituents is 1. The van der Waals surface area contributed by atoms with Crippen molar-refractivity contribution in [2.24, 2.45) is 5.92 Å². The van der Waals surface area contributed by atoms with Crippen molar-refractivity contribution in [2.75, 3.05) is 7.11 Å². The Morgan fingerprint density at radius 1 is 1.42 bits per heavy atom. The summed E-state index contributed by atoms with van der Waals surface area (Å²) < 4.78 is 4.87. The van der Waals surface area contributed by atoms with Gasteiger partial charge in [-0.3, -0.25) is 14.9 Å². The fourth-order valence-corrected chi connectivity index (χ4v) is 2.85. The lowest BCUT2D eigenvalue weighted by molar-refractivity contribution is -0.384. The number of nitro groups is 1. The molecule has 0 bridgehead atoms. The van der Waals surface area contributed by atoms with Crippen molar-refractivity contribution < 1.29 is 14.5 Å². The number of non-ortho nitro benzene ring substituents is 1. The summed E-state index contributed by atoms with van der Waals surface area (Å²) in [4.78, 5) is 22.4. The van der Waals surface area contributed by atoms with Crippen molar-refractivity contribution in [3.63, 3.8) is 0 Å². The molecule has 1 atom stereocenters. The Morgan fingerprint density at radius 2 is 2.11 bits per heavy atom. The Kier molecular flexibility index (Phi) is 4.14. The van der Waals surface area contributed by atoms with E-state index in [1.807, 2.05) is 0 Å². The maximum Gasteiger partial charge on any atom is 0.313 e. The molecule has 5 nitrogen and oxygen atoms in total. The molecule has 1 aromatic carbocycles. The Hall–Kier alpha value is -1.91. The predicted octanol–water partition coefficient (Wildman–Crippen LogP) is 3.04. The molecule has 2 rings (SSSR count). The number of esters is 1. The van der Waals surface area contributed by atoms with Gasteiger partial charge < -0.3 is 4.74 Å². The molecule has 19 heavy (non-hydrogen) atoms. The standard InChI is InChI=1S/C14H17NO4/c1-19-14(16)13(10-5-2-3-6-10)11-7-4-8-12(9-11)15(17)18/h4,7-10,13H,2-3,5-6H2,1H3. The largest absolute Gasteiger partial charge is 0.469 e. The highest BCUT2D eigenvalue weighted by Gasteiger charge is 2.33. The van der Waals surface area contributed by atoms with E-state index < -0.39 is 4.92 Å². The Labute approximate surface area is 111 Å². The molecule has 0 saturated heterocycles. The van der Waals surface area contributed by atoms with E-state index >= 15 is 0 Å². The molecule has 0 aromatic heterocycles. The second-order valence-corrected chi connectivity index (χ2v) is 4.90. The first-order valence-electron chi connectivity index (χ1n) is 6.45. The molecule has 1 aliphatic rings. The number of carbonyl (C=O) groups is 1. The topological polar surface area (TPSA) is 69.4 Å². The average molecular weight is 263 g/mol. The van der Waals surface area contributed by atoms with Crippen LogP contribution in [-0.2, 0) is 9.53 Å². The lowest BCUT2D eigenvalue weighted by Gasteiger charge is -2.21. The van der Waals surface area contributed by atoms with Crippen LogP contribution < -0.4 is 0 Å². The van der Waals surface area contributed by atoms with E-state index in [0.29, 0.717) is 5.56 Å². The molecule has 1 unspecified atom stereocenters. The summed E-state index contributed by atoms with van der Waals surface area (Å²) in [6, 6.07) is 6.32. The van der Waals surface area contributed by atoms with Crippen LogP contribution in [0.4, 0.5) is 5.69 Å². The van der Waals surface area contributed by atoms with Gasteiger partial charge in [-0.1, -0.05) is 25.0 Å². The van der Waals surface area contributed by atoms with Crippen LogP contribution in [0.15, 0.2) is 24.3 Å². The molecule has 5 heteroatoms. The second-order valence-electron chi connectivity index (χ2n) is 4.90. The van der Waals surface area contributed by atoms with Gasteiger partial charge in [0, 0.05) is 12.1 Å². The summed E-state index contributed by atoms with van der Waals surface area (Å²) >= 11 is 0. The lowest BCUT2D eigenvalue weighted by Crippen LogP contribution is -2.21. The Morgan fingerprint density at radius 3 is 2.68 bits per heavy atom. The third kappa shape index (κ3) is 2.92. The summed E-state index contributed by atoms with van der Waals surface area (Å²) in [5.74, 6) is -0.450. The molecule has 0 spiro atoms. The van der Waals surface area contributed by atoms with Crippen molar-refractivity contribution in [2.45, 2.75) is 31.6 Å². The number of nitrogens with zero attached hydrogens (tertiary/aromatic N) is 1. The summed E-state index contributed by atoms with van der Waals surface area (Å²) in [6.45, 7) is 0. The van der Waals surface area contributed by atoms with Crippen LogP contribution in [0.3, 0.4) is 0 Å². The van der Waals surface area contributed by atoms with E-state index in [2.05, 4.69) is 0 Å². The SMILES string of the molecule is COC(=O)C(c1cccc([N+](=O)[O-])c1)C1CCCC1. The number of methoxy groups -OCH3 is 1. The number of hydrogen-bond donors (Lipinski definition) is 0. The van der Waals surface area contributed by atoms with Gasteiger partial charge in [-0.05, 0) is 24.3 Å². The summed E-state index contributed by atoms with van der Waals surface area (Å²) in [7, 11) is 1.36. The van der Waals surface area contributed by atoms with Gasteiger partial charge >= 0.3 is 5.97 Å². The van der Waals surface area contributed by atoms with E-state index in [9.17, 15) is 14.9 Å². The minimum absolute atomic E-state index is 0.0180. The highest BCUT2D eigenvalue weighted by Crippen LogP contribution is 2.38. The minimum Gasteiger partial charge on any atom is -0.469 e. The summed E-state index contributed by atoms with van der Waals surface area (Å²) in [6.07, 6.45) is 4.16. The number of rotatable bonds is 4. The molecule has 1 aliphatic carbocycles. The molecule has 0 heterocycles. The Balaban J connectivity index is 2.34. The zero-order valence-electron chi connectivity index (χ0n) is 10.9. The fraction of sp³-hybridized carbons (Fsp3) is 0.500. The minimum atomic E-state index is -0.438. The van der Waals surface area contributed by atoms with Gasteiger partial charge in [-0.25, -0.2) is 0 Å². The maximum atomic E-state index is 12.0. The van der Waals surface area contributed by atoms with E-state index in [1.54, 1.807) is 12.1 Å². The van der Waals surface area contributed by atoms with Crippen molar-refractivity contribution in [1.82, 2.24) is 0 Å². The van der Waals surface area contributed by atoms with Gasteiger partial charge in [0.1, 0.15) is 0 Å². The summed E-state index contributed by atoms with van der Waals surface area (Å²) in [5, 5.41) is 10.8. The van der Waals surface area contributed by atoms with Crippen molar-refractivity contribution in [3.8, 4) is 0 Å². The molecule has 0 amide bonds. The first-order chi connectivity index (χ1) is 9.13. The molecule has 0 radical (unpaired) electrons. The van der Waals surface area contributed by atoms with E-state index in [0.717, 1.165) is 25.7 Å². The Bertz CT molecular complexity index is 480. The quantitative estimate of drug-likeness (QED) is 0.475. The summed E-state index contributed by atoms with van der Waals surface area (Å²) in [5.41, 5.74) is 0.706. The number of hydrogen-bond acceptors (Lipinski definition) is 4. The van der Waals surface area contributed by atoms with Crippen molar-refractivity contribution in [1.29, 1.82) is 0 Å². The van der Waals surface area contributed by atoms with Gasteiger partial charge in [0.25, 0.3) is 5.69 Å². The van der Waals surface area contributed by atoms with E-state index in [1.165, 1.54) is 19.2 Å². The number of ether oxygens (including phenoxy) is 1. The molecule has 0 aliphatic heterocycles. The van der Waals surface area contributed by atoms with Gasteiger partial charge in [-0.15, -0.1) is 0 Å². The molecule has 1 saturated carbocycles. The highest BCUT2D eigenvalue weighted by atomic mass is 16.6. The molecular formula is C14H17NO4. The van der Waals surface area contributed by atoms with E-state index in [4.69, 9.17) is 4.74 Å². The van der Waals surface area contributed by atoms with Crippen molar-refractivity contribution >= 4 is 11.7 Å². The molecule has 1 fully saturated rings. The van der Waals surface area contributed by atoms with Gasteiger partial charge in [0.05, 0.1) is 18.0 Å². The zero-order chi connectivity index (χ0) is 13.8. The molecule has 102 valence electrons. The average Bonchev–Trinajstić information content (AvgIpc) is 2.93. The predicted molar refractivity (Wildman–Crippen MR) is 69.8 cm³/mol. The van der Waals surface area contributed by atoms with Crippen molar-refractivity contribution in [3.05, 3.63) is 39.9 Å². The van der Waals surface area contributed by atoms with Gasteiger partial charge in [0.15, 0.2) is 0 Å². The first kappa shape index (κ1) is 13.5. The third-order valence-corrected chi connectivity index (χ3v) is 3.77. The number of benzene rings is 1. The van der Waals surface area contributed by atoms with Crippen LogP contribution in [0.5, 0.6) is 0 Å². The second kappa shape index (κ2) is 5.82. The molecular weight excluding hydrogens is 246 g/mol. The lowest BCUT2D eigenvalue weighted by atomic mass is 9.84. The number of carbonyl (C=O) groups excluding carboxylic acids is 1. The van der Waals surface area contributed by atoms with Gasteiger partial charge in [0.2, 0.25) is 0 Å².